The van der Waals surface area contributed by atoms with Gasteiger partial charge < -0.3 is 4.74 Å². The normalized spacial score (nSPS) is 11.6. The lowest BCUT2D eigenvalue weighted by molar-refractivity contribution is -0.143. The molecule has 0 unspecified atom stereocenters. The average Bonchev–Trinajstić information content (AvgIpc) is 2.22. The molecule has 1 aromatic heterocycles. The van der Waals surface area contributed by atoms with Crippen molar-refractivity contribution in [3.05, 3.63) is 27.5 Å². The van der Waals surface area contributed by atoms with Crippen LogP contribution in [0.5, 0.6) is 0 Å². The van der Waals surface area contributed by atoms with Gasteiger partial charge in [0.2, 0.25) is 0 Å². The van der Waals surface area contributed by atoms with Crippen LogP contribution in [0.4, 0.5) is 0 Å². The quantitative estimate of drug-likeness (QED) is 0.805. The second kappa shape index (κ2) is 5.83. The van der Waals surface area contributed by atoms with Crippen LogP contribution in [0, 0.1) is 11.3 Å². The van der Waals surface area contributed by atoms with Crippen LogP contribution in [-0.4, -0.2) is 17.6 Å². The van der Waals surface area contributed by atoms with E-state index < -0.39 is 11.9 Å². The number of pyridine rings is 1. The van der Waals surface area contributed by atoms with E-state index in [2.05, 4.69) is 20.9 Å². The Morgan fingerprint density at radius 1 is 1.81 bits per heavy atom. The van der Waals surface area contributed by atoms with Crippen molar-refractivity contribution in [2.75, 3.05) is 6.61 Å². The van der Waals surface area contributed by atoms with Gasteiger partial charge in [-0.05, 0) is 28.9 Å². The van der Waals surface area contributed by atoms with Crippen LogP contribution in [0.1, 0.15) is 18.5 Å². The van der Waals surface area contributed by atoms with Crippen LogP contribution in [0.3, 0.4) is 0 Å². The third kappa shape index (κ3) is 2.94. The molecule has 0 radical (unpaired) electrons. The Labute approximate surface area is 106 Å². The molecular weight excluding hydrogens is 295 g/mol. The molecule has 0 fully saturated rings. The number of rotatable bonds is 3. The molecule has 0 amide bonds. The standard InChI is InChI=1S/C10H8BrClN2O2/c1-2-16-10(15)7(4-13)9-8(12)3-6(11)5-14-9/h3,5,7H,2H2,1H3/t7-/m0/s1. The van der Waals surface area contributed by atoms with Gasteiger partial charge in [-0.2, -0.15) is 5.26 Å². The van der Waals surface area contributed by atoms with Gasteiger partial charge in [0.15, 0.2) is 5.92 Å². The molecule has 0 aliphatic rings. The molecule has 4 nitrogen and oxygen atoms in total. The van der Waals surface area contributed by atoms with Crippen LogP contribution < -0.4 is 0 Å². The molecule has 1 rings (SSSR count). The maximum Gasteiger partial charge on any atom is 0.329 e. The molecule has 0 aromatic carbocycles. The average molecular weight is 304 g/mol. The number of hydrogen-bond acceptors (Lipinski definition) is 4. The summed E-state index contributed by atoms with van der Waals surface area (Å²) in [6.07, 6.45) is 1.48. The molecule has 16 heavy (non-hydrogen) atoms. The van der Waals surface area contributed by atoms with Crippen LogP contribution in [0.2, 0.25) is 5.02 Å². The monoisotopic (exact) mass is 302 g/mol. The molecule has 0 spiro atoms. The fourth-order valence-corrected chi connectivity index (χ4v) is 1.83. The second-order valence-electron chi connectivity index (χ2n) is 2.83. The van der Waals surface area contributed by atoms with Crippen molar-refractivity contribution in [3.8, 4) is 6.07 Å². The van der Waals surface area contributed by atoms with Crippen molar-refractivity contribution >= 4 is 33.5 Å². The van der Waals surface area contributed by atoms with Gasteiger partial charge in [0.25, 0.3) is 0 Å². The lowest BCUT2D eigenvalue weighted by atomic mass is 10.1. The Bertz CT molecular complexity index is 445. The van der Waals surface area contributed by atoms with Gasteiger partial charge in [-0.3, -0.25) is 9.78 Å². The summed E-state index contributed by atoms with van der Waals surface area (Å²) in [5.74, 6) is -1.72. The van der Waals surface area contributed by atoms with E-state index in [1.54, 1.807) is 13.0 Å². The minimum atomic E-state index is -1.08. The largest absolute Gasteiger partial charge is 0.465 e. The minimum absolute atomic E-state index is 0.213. The lowest BCUT2D eigenvalue weighted by Crippen LogP contribution is -2.16. The summed E-state index contributed by atoms with van der Waals surface area (Å²) in [5.41, 5.74) is 0.214. The number of ether oxygens (including phenoxy) is 1. The first-order valence-corrected chi connectivity index (χ1v) is 5.64. The molecule has 6 heteroatoms. The molecule has 0 aliphatic carbocycles. The summed E-state index contributed by atoms with van der Waals surface area (Å²) in [6.45, 7) is 1.88. The van der Waals surface area contributed by atoms with Gasteiger partial charge in [-0.1, -0.05) is 11.6 Å². The number of esters is 1. The zero-order valence-electron chi connectivity index (χ0n) is 8.41. The fraction of sp³-hybridized carbons (Fsp3) is 0.300. The van der Waals surface area contributed by atoms with E-state index >= 15 is 0 Å². The Hall–Kier alpha value is -1.12. The molecule has 0 saturated heterocycles. The van der Waals surface area contributed by atoms with Crippen LogP contribution in [0.15, 0.2) is 16.7 Å². The summed E-state index contributed by atoms with van der Waals surface area (Å²) >= 11 is 9.08. The first-order valence-electron chi connectivity index (χ1n) is 4.47. The molecule has 1 heterocycles. The van der Waals surface area contributed by atoms with Crippen molar-refractivity contribution in [2.45, 2.75) is 12.8 Å². The highest BCUT2D eigenvalue weighted by Crippen LogP contribution is 2.25. The minimum Gasteiger partial charge on any atom is -0.465 e. The maximum atomic E-state index is 11.5. The maximum absolute atomic E-state index is 11.5. The zero-order valence-corrected chi connectivity index (χ0v) is 10.7. The van der Waals surface area contributed by atoms with E-state index in [4.69, 9.17) is 21.6 Å². The van der Waals surface area contributed by atoms with E-state index in [1.165, 1.54) is 6.20 Å². The molecule has 0 bridgehead atoms. The summed E-state index contributed by atoms with van der Waals surface area (Å²) < 4.78 is 5.44. The first-order chi connectivity index (χ1) is 7.60. The molecule has 1 atom stereocenters. The van der Waals surface area contributed by atoms with Crippen molar-refractivity contribution in [2.24, 2.45) is 0 Å². The topological polar surface area (TPSA) is 63.0 Å². The number of nitrogens with zero attached hydrogens (tertiary/aromatic N) is 2. The van der Waals surface area contributed by atoms with Crippen molar-refractivity contribution in [1.82, 2.24) is 4.98 Å². The first kappa shape index (κ1) is 12.9. The van der Waals surface area contributed by atoms with E-state index in [0.717, 1.165) is 0 Å². The zero-order chi connectivity index (χ0) is 12.1. The van der Waals surface area contributed by atoms with E-state index in [0.29, 0.717) is 4.47 Å². The summed E-state index contributed by atoms with van der Waals surface area (Å²) in [5, 5.41) is 9.17. The summed E-state index contributed by atoms with van der Waals surface area (Å²) in [4.78, 5) is 15.4. The number of carbonyl (C=O) groups is 1. The Balaban J connectivity index is 3.05. The van der Waals surface area contributed by atoms with E-state index in [9.17, 15) is 4.79 Å². The van der Waals surface area contributed by atoms with Crippen molar-refractivity contribution in [3.63, 3.8) is 0 Å². The summed E-state index contributed by atoms with van der Waals surface area (Å²) in [6, 6.07) is 3.40. The highest BCUT2D eigenvalue weighted by atomic mass is 79.9. The van der Waals surface area contributed by atoms with Crippen LogP contribution >= 0.6 is 27.5 Å². The number of carbonyl (C=O) groups excluding carboxylic acids is 1. The smallest absolute Gasteiger partial charge is 0.329 e. The predicted molar refractivity (Wildman–Crippen MR) is 61.9 cm³/mol. The molecule has 0 N–H and O–H groups in total. The van der Waals surface area contributed by atoms with E-state index in [1.807, 2.05) is 6.07 Å². The SMILES string of the molecule is CCOC(=O)[C@@H](C#N)c1ncc(Br)cc1Cl. The second-order valence-corrected chi connectivity index (χ2v) is 4.16. The van der Waals surface area contributed by atoms with Gasteiger partial charge >= 0.3 is 5.97 Å². The Morgan fingerprint density at radius 2 is 2.50 bits per heavy atom. The van der Waals surface area contributed by atoms with Crippen LogP contribution in [-0.2, 0) is 9.53 Å². The fourth-order valence-electron chi connectivity index (χ4n) is 1.09. The predicted octanol–water partition coefficient (Wildman–Crippen LogP) is 2.67. The molecule has 1 aromatic rings. The molecule has 0 aliphatic heterocycles. The summed E-state index contributed by atoms with van der Waals surface area (Å²) in [7, 11) is 0. The molecular formula is C10H8BrClN2O2. The molecule has 0 saturated carbocycles. The number of aromatic nitrogens is 1. The highest BCUT2D eigenvalue weighted by molar-refractivity contribution is 9.10. The van der Waals surface area contributed by atoms with Crippen LogP contribution in [0.25, 0.3) is 0 Å². The number of nitriles is 1. The van der Waals surface area contributed by atoms with Gasteiger partial charge in [0, 0.05) is 10.7 Å². The third-order valence-corrected chi connectivity index (χ3v) is 2.50. The van der Waals surface area contributed by atoms with Gasteiger partial charge in [0.1, 0.15) is 0 Å². The molecule has 84 valence electrons. The van der Waals surface area contributed by atoms with Crippen molar-refractivity contribution in [1.29, 1.82) is 5.26 Å². The highest BCUT2D eigenvalue weighted by Gasteiger charge is 2.25. The van der Waals surface area contributed by atoms with Crippen molar-refractivity contribution < 1.29 is 9.53 Å². The Morgan fingerprint density at radius 3 is 3.00 bits per heavy atom. The number of halogens is 2. The van der Waals surface area contributed by atoms with Gasteiger partial charge in [-0.25, -0.2) is 0 Å². The Kier molecular flexibility index (Phi) is 4.71. The number of hydrogen-bond donors (Lipinski definition) is 0. The lowest BCUT2D eigenvalue weighted by Gasteiger charge is -2.09. The third-order valence-electron chi connectivity index (χ3n) is 1.76. The van der Waals surface area contributed by atoms with Gasteiger partial charge in [-0.15, -0.1) is 0 Å². The van der Waals surface area contributed by atoms with E-state index in [-0.39, 0.29) is 17.3 Å². The van der Waals surface area contributed by atoms with Gasteiger partial charge in [0.05, 0.1) is 23.4 Å².